The van der Waals surface area contributed by atoms with Crippen LogP contribution in [0.3, 0.4) is 0 Å². The molecule has 2 N–H and O–H groups in total. The van der Waals surface area contributed by atoms with Crippen molar-refractivity contribution in [1.29, 1.82) is 5.26 Å². The second kappa shape index (κ2) is 7.00. The SMILES string of the molecule is N#Cc1c(-c2cc([N+](=O)[O-])ccc2Cl)cc(-c2ccccc2Cl)nc1N. The Morgan fingerprint density at radius 3 is 2.38 bits per heavy atom. The van der Waals surface area contributed by atoms with Crippen molar-refractivity contribution in [1.82, 2.24) is 4.98 Å². The van der Waals surface area contributed by atoms with Gasteiger partial charge in [-0.3, -0.25) is 10.1 Å². The maximum Gasteiger partial charge on any atom is 0.270 e. The lowest BCUT2D eigenvalue weighted by molar-refractivity contribution is -0.384. The standard InChI is InChI=1S/C18H10Cl2N4O2/c19-15-4-2-1-3-11(15)17-8-12(14(9-21)18(22)23-17)13-7-10(24(25)26)5-6-16(13)20/h1-8H,(H2,22,23). The molecule has 0 saturated carbocycles. The van der Waals surface area contributed by atoms with Crippen LogP contribution in [0.1, 0.15) is 5.56 Å². The number of non-ortho nitro benzene ring substituents is 1. The van der Waals surface area contributed by atoms with Crippen LogP contribution in [0.5, 0.6) is 0 Å². The van der Waals surface area contributed by atoms with Crippen molar-refractivity contribution in [3.8, 4) is 28.5 Å². The van der Waals surface area contributed by atoms with E-state index in [1.807, 2.05) is 6.07 Å². The summed E-state index contributed by atoms with van der Waals surface area (Å²) in [5, 5.41) is 21.3. The first-order chi connectivity index (χ1) is 12.4. The number of hydrogen-bond donors (Lipinski definition) is 1. The highest BCUT2D eigenvalue weighted by atomic mass is 35.5. The Morgan fingerprint density at radius 2 is 1.73 bits per heavy atom. The van der Waals surface area contributed by atoms with Crippen LogP contribution in [0.2, 0.25) is 10.0 Å². The van der Waals surface area contributed by atoms with E-state index in [1.54, 1.807) is 30.3 Å². The second-order valence-electron chi connectivity index (χ2n) is 5.33. The number of nitriles is 1. The molecule has 0 saturated heterocycles. The zero-order valence-corrected chi connectivity index (χ0v) is 14.6. The molecule has 26 heavy (non-hydrogen) atoms. The Labute approximate surface area is 158 Å². The van der Waals surface area contributed by atoms with Crippen LogP contribution in [0.4, 0.5) is 11.5 Å². The zero-order chi connectivity index (χ0) is 18.8. The van der Waals surface area contributed by atoms with E-state index in [9.17, 15) is 15.4 Å². The number of benzene rings is 2. The molecule has 8 heteroatoms. The van der Waals surface area contributed by atoms with Crippen LogP contribution in [0.15, 0.2) is 48.5 Å². The molecule has 3 aromatic rings. The monoisotopic (exact) mass is 384 g/mol. The van der Waals surface area contributed by atoms with Crippen molar-refractivity contribution in [2.75, 3.05) is 5.73 Å². The van der Waals surface area contributed by atoms with Crippen LogP contribution in [-0.2, 0) is 0 Å². The van der Waals surface area contributed by atoms with Crippen molar-refractivity contribution >= 4 is 34.7 Å². The van der Waals surface area contributed by atoms with Gasteiger partial charge in [-0.15, -0.1) is 0 Å². The number of nitrogens with two attached hydrogens (primary N) is 1. The lowest BCUT2D eigenvalue weighted by Crippen LogP contribution is -2.00. The number of rotatable bonds is 3. The Morgan fingerprint density at radius 1 is 1.04 bits per heavy atom. The van der Waals surface area contributed by atoms with Crippen molar-refractivity contribution in [2.24, 2.45) is 0 Å². The number of nitrogen functional groups attached to an aromatic ring is 1. The van der Waals surface area contributed by atoms with Crippen molar-refractivity contribution in [3.05, 3.63) is 74.3 Å². The summed E-state index contributed by atoms with van der Waals surface area (Å²) in [5.41, 5.74) is 7.61. The topological polar surface area (TPSA) is 106 Å². The van der Waals surface area contributed by atoms with Gasteiger partial charge in [0.1, 0.15) is 17.5 Å². The van der Waals surface area contributed by atoms with Crippen LogP contribution in [-0.4, -0.2) is 9.91 Å². The normalized spacial score (nSPS) is 10.3. The van der Waals surface area contributed by atoms with Gasteiger partial charge in [-0.1, -0.05) is 41.4 Å². The van der Waals surface area contributed by atoms with E-state index in [1.165, 1.54) is 18.2 Å². The van der Waals surface area contributed by atoms with Crippen molar-refractivity contribution in [3.63, 3.8) is 0 Å². The molecule has 0 radical (unpaired) electrons. The molecule has 0 aliphatic carbocycles. The van der Waals surface area contributed by atoms with E-state index < -0.39 is 4.92 Å². The minimum Gasteiger partial charge on any atom is -0.383 e. The molecule has 0 unspecified atom stereocenters. The summed E-state index contributed by atoms with van der Waals surface area (Å²) in [7, 11) is 0. The molecule has 0 atom stereocenters. The summed E-state index contributed by atoms with van der Waals surface area (Å²) in [4.78, 5) is 14.8. The average Bonchev–Trinajstić information content (AvgIpc) is 2.61. The van der Waals surface area contributed by atoms with E-state index in [0.717, 1.165) is 0 Å². The van der Waals surface area contributed by atoms with Crippen LogP contribution in [0, 0.1) is 21.4 Å². The quantitative estimate of drug-likeness (QED) is 0.500. The minimum absolute atomic E-state index is 0.0116. The molecule has 0 amide bonds. The molecule has 1 aromatic heterocycles. The molecular formula is C18H10Cl2N4O2. The van der Waals surface area contributed by atoms with Gasteiger partial charge in [0.2, 0.25) is 0 Å². The third kappa shape index (κ3) is 3.18. The van der Waals surface area contributed by atoms with E-state index >= 15 is 0 Å². The molecular weight excluding hydrogens is 375 g/mol. The Balaban J connectivity index is 2.31. The van der Waals surface area contributed by atoms with Crippen LogP contribution in [0.25, 0.3) is 22.4 Å². The Kier molecular flexibility index (Phi) is 4.76. The van der Waals surface area contributed by atoms with E-state index in [2.05, 4.69) is 4.98 Å². The molecule has 3 rings (SSSR count). The molecule has 128 valence electrons. The summed E-state index contributed by atoms with van der Waals surface area (Å²) in [6, 6.07) is 14.6. The molecule has 0 aliphatic heterocycles. The van der Waals surface area contributed by atoms with Crippen molar-refractivity contribution in [2.45, 2.75) is 0 Å². The van der Waals surface area contributed by atoms with Gasteiger partial charge in [0.25, 0.3) is 5.69 Å². The van der Waals surface area contributed by atoms with Gasteiger partial charge in [0.15, 0.2) is 0 Å². The number of halogens is 2. The first-order valence-corrected chi connectivity index (χ1v) is 8.07. The van der Waals surface area contributed by atoms with Gasteiger partial charge in [-0.05, 0) is 18.2 Å². The summed E-state index contributed by atoms with van der Waals surface area (Å²) < 4.78 is 0. The minimum atomic E-state index is -0.536. The average molecular weight is 385 g/mol. The van der Waals surface area contributed by atoms with Crippen molar-refractivity contribution < 1.29 is 4.92 Å². The number of pyridine rings is 1. The van der Waals surface area contributed by atoms with Gasteiger partial charge in [-0.2, -0.15) is 5.26 Å². The van der Waals surface area contributed by atoms with E-state index in [0.29, 0.717) is 27.4 Å². The van der Waals surface area contributed by atoms with Crippen LogP contribution < -0.4 is 5.73 Å². The molecule has 0 aliphatic rings. The molecule has 0 bridgehead atoms. The Hall–Kier alpha value is -3.14. The predicted octanol–water partition coefficient (Wildman–Crippen LogP) is 5.08. The lowest BCUT2D eigenvalue weighted by Gasteiger charge is -2.12. The maximum atomic E-state index is 11.1. The van der Waals surface area contributed by atoms with E-state index in [-0.39, 0.29) is 22.1 Å². The van der Waals surface area contributed by atoms with Crippen LogP contribution >= 0.6 is 23.2 Å². The van der Waals surface area contributed by atoms with Gasteiger partial charge in [-0.25, -0.2) is 4.98 Å². The van der Waals surface area contributed by atoms with Gasteiger partial charge in [0.05, 0.1) is 10.6 Å². The molecule has 0 spiro atoms. The smallest absolute Gasteiger partial charge is 0.270 e. The fraction of sp³-hybridized carbons (Fsp3) is 0. The molecule has 0 fully saturated rings. The fourth-order valence-electron chi connectivity index (χ4n) is 2.53. The maximum absolute atomic E-state index is 11.1. The molecule has 6 nitrogen and oxygen atoms in total. The number of aromatic nitrogens is 1. The summed E-state index contributed by atoms with van der Waals surface area (Å²) in [6.45, 7) is 0. The summed E-state index contributed by atoms with van der Waals surface area (Å²) in [6.07, 6.45) is 0. The first-order valence-electron chi connectivity index (χ1n) is 7.32. The molecule has 1 heterocycles. The number of nitro groups is 1. The Bertz CT molecular complexity index is 1080. The fourth-order valence-corrected chi connectivity index (χ4v) is 2.99. The highest BCUT2D eigenvalue weighted by molar-refractivity contribution is 6.34. The zero-order valence-electron chi connectivity index (χ0n) is 13.1. The number of anilines is 1. The largest absolute Gasteiger partial charge is 0.383 e. The highest BCUT2D eigenvalue weighted by Gasteiger charge is 2.19. The third-order valence-corrected chi connectivity index (χ3v) is 4.42. The first kappa shape index (κ1) is 17.7. The summed E-state index contributed by atoms with van der Waals surface area (Å²) >= 11 is 12.4. The second-order valence-corrected chi connectivity index (χ2v) is 6.14. The summed E-state index contributed by atoms with van der Waals surface area (Å²) in [5.74, 6) is -0.0116. The number of nitro benzene ring substituents is 1. The predicted molar refractivity (Wildman–Crippen MR) is 101 cm³/mol. The third-order valence-electron chi connectivity index (χ3n) is 3.76. The van der Waals surface area contributed by atoms with Gasteiger partial charge < -0.3 is 5.73 Å². The number of hydrogen-bond acceptors (Lipinski definition) is 5. The molecule has 2 aromatic carbocycles. The number of nitrogens with zero attached hydrogens (tertiary/aromatic N) is 3. The highest BCUT2D eigenvalue weighted by Crippen LogP contribution is 2.38. The van der Waals surface area contributed by atoms with Gasteiger partial charge >= 0.3 is 0 Å². The van der Waals surface area contributed by atoms with E-state index in [4.69, 9.17) is 28.9 Å². The lowest BCUT2D eigenvalue weighted by atomic mass is 9.98. The van der Waals surface area contributed by atoms with Gasteiger partial charge in [0, 0.05) is 38.9 Å².